The summed E-state index contributed by atoms with van der Waals surface area (Å²) in [6, 6.07) is 5.48. The maximum absolute atomic E-state index is 12.0. The van der Waals surface area contributed by atoms with Crippen molar-refractivity contribution in [3.8, 4) is 0 Å². The van der Waals surface area contributed by atoms with E-state index < -0.39 is 30.7 Å². The fourth-order valence-corrected chi connectivity index (χ4v) is 2.11. The molecule has 2 aromatic rings. The lowest BCUT2D eigenvalue weighted by molar-refractivity contribution is -0.157. The van der Waals surface area contributed by atoms with Crippen molar-refractivity contribution in [2.45, 2.75) is 32.5 Å². The van der Waals surface area contributed by atoms with Crippen LogP contribution in [0.2, 0.25) is 0 Å². The van der Waals surface area contributed by atoms with Gasteiger partial charge in [-0.15, -0.1) is 0 Å². The maximum atomic E-state index is 12.0. The highest BCUT2D eigenvalue weighted by atomic mass is 19.4. The van der Waals surface area contributed by atoms with Crippen molar-refractivity contribution < 1.29 is 31.9 Å². The second kappa shape index (κ2) is 6.94. The normalized spacial score (nSPS) is 12.9. The Hall–Kier alpha value is -2.51. The maximum Gasteiger partial charge on any atom is 0.405 e. The quantitative estimate of drug-likeness (QED) is 0.848. The highest BCUT2D eigenvalue weighted by Gasteiger charge is 2.29. The molecule has 8 heteroatoms. The third-order valence-corrected chi connectivity index (χ3v) is 3.29. The number of rotatable bonds is 5. The van der Waals surface area contributed by atoms with Gasteiger partial charge in [0, 0.05) is 10.9 Å². The summed E-state index contributed by atoms with van der Waals surface area (Å²) in [5.41, 5.74) is 2.20. The molecule has 0 radical (unpaired) electrons. The number of esters is 1. The fourth-order valence-electron chi connectivity index (χ4n) is 2.11. The zero-order chi connectivity index (χ0) is 17.9. The largest absolute Gasteiger partial charge is 0.464 e. The molecule has 24 heavy (non-hydrogen) atoms. The Bertz CT molecular complexity index is 751. The van der Waals surface area contributed by atoms with Gasteiger partial charge < -0.3 is 14.5 Å². The Kier molecular flexibility index (Phi) is 5.16. The van der Waals surface area contributed by atoms with E-state index in [0.29, 0.717) is 11.1 Å². The second-order valence-corrected chi connectivity index (χ2v) is 5.40. The van der Waals surface area contributed by atoms with E-state index in [1.807, 2.05) is 19.1 Å². The van der Waals surface area contributed by atoms with Gasteiger partial charge >= 0.3 is 12.1 Å². The molecule has 1 amide bonds. The summed E-state index contributed by atoms with van der Waals surface area (Å²) < 4.78 is 46.3. The molecule has 0 fully saturated rings. The van der Waals surface area contributed by atoms with E-state index in [-0.39, 0.29) is 6.42 Å². The third-order valence-electron chi connectivity index (χ3n) is 3.29. The van der Waals surface area contributed by atoms with E-state index in [4.69, 9.17) is 9.15 Å². The number of nitrogens with one attached hydrogen (secondary N) is 1. The van der Waals surface area contributed by atoms with Crippen LogP contribution >= 0.6 is 0 Å². The number of carbonyl (C=O) groups is 2. The van der Waals surface area contributed by atoms with Gasteiger partial charge in [-0.25, -0.2) is 0 Å². The van der Waals surface area contributed by atoms with E-state index in [2.05, 4.69) is 0 Å². The zero-order valence-electron chi connectivity index (χ0n) is 13.1. The molecule has 5 nitrogen and oxygen atoms in total. The predicted octanol–water partition coefficient (Wildman–Crippen LogP) is 2.89. The summed E-state index contributed by atoms with van der Waals surface area (Å²) in [6.45, 7) is 1.64. The van der Waals surface area contributed by atoms with Crippen LogP contribution in [0.25, 0.3) is 11.0 Å². The molecule has 1 aromatic carbocycles. The van der Waals surface area contributed by atoms with Crippen LogP contribution < -0.4 is 5.32 Å². The van der Waals surface area contributed by atoms with E-state index in [1.54, 1.807) is 11.4 Å². The molecule has 1 heterocycles. The van der Waals surface area contributed by atoms with Gasteiger partial charge in [0.15, 0.2) is 6.10 Å². The first kappa shape index (κ1) is 17.8. The number of ether oxygens (including phenoxy) is 1. The molecular weight excluding hydrogens is 327 g/mol. The zero-order valence-corrected chi connectivity index (χ0v) is 13.1. The van der Waals surface area contributed by atoms with Gasteiger partial charge in [-0.1, -0.05) is 12.1 Å². The lowest BCUT2D eigenvalue weighted by Crippen LogP contribution is -2.40. The van der Waals surface area contributed by atoms with Crippen molar-refractivity contribution >= 4 is 22.8 Å². The molecule has 1 aromatic heterocycles. The van der Waals surface area contributed by atoms with Crippen molar-refractivity contribution in [2.75, 3.05) is 6.54 Å². The highest BCUT2D eigenvalue weighted by Crippen LogP contribution is 2.23. The van der Waals surface area contributed by atoms with Crippen LogP contribution in [0.5, 0.6) is 0 Å². The summed E-state index contributed by atoms with van der Waals surface area (Å²) in [5.74, 6) is -1.73. The van der Waals surface area contributed by atoms with E-state index in [0.717, 1.165) is 10.9 Å². The number of aryl methyl sites for hydroxylation is 1. The van der Waals surface area contributed by atoms with E-state index >= 15 is 0 Å². The van der Waals surface area contributed by atoms with Crippen LogP contribution in [0.1, 0.15) is 18.1 Å². The molecule has 0 aliphatic heterocycles. The van der Waals surface area contributed by atoms with Crippen LogP contribution in [-0.2, 0) is 20.7 Å². The molecule has 0 unspecified atom stereocenters. The number of fused-ring (bicyclic) bond motifs is 1. The van der Waals surface area contributed by atoms with Gasteiger partial charge in [0.05, 0.1) is 12.7 Å². The van der Waals surface area contributed by atoms with Gasteiger partial charge in [-0.05, 0) is 25.5 Å². The average Bonchev–Trinajstić information content (AvgIpc) is 2.85. The standard InChI is InChI=1S/C16H16F3NO4/c1-9-3-4-12-11(7-23-13(12)5-9)6-14(21)24-10(2)15(22)20-8-16(17,18)19/h3-5,7,10H,6,8H2,1-2H3,(H,20,22)/t10-/m1/s1. The number of furan rings is 1. The van der Waals surface area contributed by atoms with Gasteiger partial charge in [0.2, 0.25) is 0 Å². The molecule has 2 rings (SSSR count). The molecule has 0 bridgehead atoms. The first-order valence-electron chi connectivity index (χ1n) is 7.16. The molecule has 1 atom stereocenters. The van der Waals surface area contributed by atoms with Crippen molar-refractivity contribution in [1.82, 2.24) is 5.32 Å². The number of hydrogen-bond donors (Lipinski definition) is 1. The lowest BCUT2D eigenvalue weighted by Gasteiger charge is -2.14. The fraction of sp³-hybridized carbons (Fsp3) is 0.375. The molecule has 0 spiro atoms. The number of benzene rings is 1. The van der Waals surface area contributed by atoms with Crippen LogP contribution in [0.3, 0.4) is 0 Å². The molecule has 0 saturated carbocycles. The van der Waals surface area contributed by atoms with Crippen LogP contribution in [-0.4, -0.2) is 30.7 Å². The van der Waals surface area contributed by atoms with Crippen molar-refractivity contribution in [1.29, 1.82) is 0 Å². The van der Waals surface area contributed by atoms with Crippen molar-refractivity contribution in [3.63, 3.8) is 0 Å². The number of halogens is 3. The minimum atomic E-state index is -4.52. The van der Waals surface area contributed by atoms with Crippen LogP contribution in [0.15, 0.2) is 28.9 Å². The highest BCUT2D eigenvalue weighted by molar-refractivity contribution is 5.88. The third kappa shape index (κ3) is 4.74. The van der Waals surface area contributed by atoms with Crippen molar-refractivity contribution in [2.24, 2.45) is 0 Å². The monoisotopic (exact) mass is 343 g/mol. The molecule has 0 aliphatic rings. The van der Waals surface area contributed by atoms with Gasteiger partial charge in [0.1, 0.15) is 12.1 Å². The minimum Gasteiger partial charge on any atom is -0.464 e. The SMILES string of the molecule is Cc1ccc2c(CC(=O)O[C@H](C)C(=O)NCC(F)(F)F)coc2c1. The van der Waals surface area contributed by atoms with Gasteiger partial charge in [-0.2, -0.15) is 13.2 Å². The smallest absolute Gasteiger partial charge is 0.405 e. The minimum absolute atomic E-state index is 0.146. The second-order valence-electron chi connectivity index (χ2n) is 5.40. The molecule has 0 aliphatic carbocycles. The topological polar surface area (TPSA) is 68.5 Å². The number of carbonyl (C=O) groups excluding carboxylic acids is 2. The molecule has 0 saturated heterocycles. The number of alkyl halides is 3. The average molecular weight is 343 g/mol. The number of hydrogen-bond acceptors (Lipinski definition) is 4. The Morgan fingerprint density at radius 3 is 2.71 bits per heavy atom. The Labute approximate surface area is 135 Å². The summed E-state index contributed by atoms with van der Waals surface area (Å²) in [4.78, 5) is 23.3. The first-order chi connectivity index (χ1) is 11.2. The van der Waals surface area contributed by atoms with E-state index in [1.165, 1.54) is 13.2 Å². The molecule has 130 valence electrons. The van der Waals surface area contributed by atoms with Crippen LogP contribution in [0, 0.1) is 6.92 Å². The summed E-state index contributed by atoms with van der Waals surface area (Å²) in [6.07, 6.45) is -4.57. The van der Waals surface area contributed by atoms with Gasteiger partial charge in [-0.3, -0.25) is 9.59 Å². The Morgan fingerprint density at radius 1 is 1.33 bits per heavy atom. The predicted molar refractivity (Wildman–Crippen MR) is 79.3 cm³/mol. The van der Waals surface area contributed by atoms with Gasteiger partial charge in [0.25, 0.3) is 5.91 Å². The number of amides is 1. The summed E-state index contributed by atoms with van der Waals surface area (Å²) in [7, 11) is 0. The van der Waals surface area contributed by atoms with Crippen LogP contribution in [0.4, 0.5) is 13.2 Å². The molecular formula is C16H16F3NO4. The molecule has 1 N–H and O–H groups in total. The Morgan fingerprint density at radius 2 is 2.04 bits per heavy atom. The van der Waals surface area contributed by atoms with E-state index in [9.17, 15) is 22.8 Å². The Balaban J connectivity index is 1.93. The summed E-state index contributed by atoms with van der Waals surface area (Å²) >= 11 is 0. The summed E-state index contributed by atoms with van der Waals surface area (Å²) in [5, 5.41) is 2.41. The lowest BCUT2D eigenvalue weighted by atomic mass is 10.1. The first-order valence-corrected chi connectivity index (χ1v) is 7.16. The van der Waals surface area contributed by atoms with Crippen molar-refractivity contribution in [3.05, 3.63) is 35.6 Å².